The summed E-state index contributed by atoms with van der Waals surface area (Å²) in [5.41, 5.74) is 6.25. The number of rotatable bonds is 5. The number of azo groups is 1. The van der Waals surface area contributed by atoms with Crippen molar-refractivity contribution in [3.8, 4) is 5.69 Å². The van der Waals surface area contributed by atoms with E-state index in [1.54, 1.807) is 7.05 Å². The Bertz CT molecular complexity index is 1270. The van der Waals surface area contributed by atoms with Gasteiger partial charge in [-0.1, -0.05) is 20.8 Å². The van der Waals surface area contributed by atoms with Gasteiger partial charge < -0.3 is 15.9 Å². The van der Waals surface area contributed by atoms with Crippen LogP contribution in [0.5, 0.6) is 0 Å². The molecule has 0 fully saturated rings. The highest BCUT2D eigenvalue weighted by molar-refractivity contribution is 5.95. The number of carbonyl (C=O) groups is 2. The maximum Gasteiger partial charge on any atom is 0.335 e. The zero-order valence-corrected chi connectivity index (χ0v) is 17.7. The fourth-order valence-electron chi connectivity index (χ4n) is 2.90. The van der Waals surface area contributed by atoms with E-state index < -0.39 is 17.4 Å². The first-order valence-electron chi connectivity index (χ1n) is 9.26. The molecule has 0 radical (unpaired) electrons. The lowest BCUT2D eigenvalue weighted by atomic mass is 9.91. The minimum atomic E-state index is -1.31. The Kier molecular flexibility index (Phi) is 5.51. The second-order valence-corrected chi connectivity index (χ2v) is 7.91. The lowest BCUT2D eigenvalue weighted by molar-refractivity contribution is 0.0696. The number of hydrogen-bond donors (Lipinski definition) is 3. The fraction of sp³-hybridized carbons (Fsp3) is 0.250. The van der Waals surface area contributed by atoms with E-state index in [-0.39, 0.29) is 34.1 Å². The van der Waals surface area contributed by atoms with Crippen LogP contribution in [0.25, 0.3) is 10.5 Å². The van der Waals surface area contributed by atoms with Gasteiger partial charge in [0, 0.05) is 12.5 Å². The van der Waals surface area contributed by atoms with Gasteiger partial charge >= 0.3 is 11.9 Å². The Balaban J connectivity index is 2.20. The second-order valence-electron chi connectivity index (χ2n) is 7.91. The van der Waals surface area contributed by atoms with Crippen molar-refractivity contribution in [1.29, 1.82) is 0 Å². The lowest BCUT2D eigenvalue weighted by Gasteiger charge is -2.15. The van der Waals surface area contributed by atoms with Crippen LogP contribution in [0, 0.1) is 6.57 Å². The largest absolute Gasteiger partial charge is 0.478 e. The summed E-state index contributed by atoms with van der Waals surface area (Å²) in [5, 5.41) is 35.5. The molecule has 0 aliphatic rings. The molecule has 0 saturated heterocycles. The van der Waals surface area contributed by atoms with E-state index >= 15 is 0 Å². The van der Waals surface area contributed by atoms with Gasteiger partial charge in [0.1, 0.15) is 5.82 Å². The molecule has 12 heteroatoms. The van der Waals surface area contributed by atoms with E-state index in [0.717, 1.165) is 10.7 Å². The molecule has 0 bridgehead atoms. The SMILES string of the molecule is [C-]#[N+]c1cnn(-c2cc(C(=O)O)cc(C(=O)O)c2)c1N=Nc1c(C(C)(C)C)nn(C)c1N. The van der Waals surface area contributed by atoms with Gasteiger partial charge in [-0.05, 0) is 18.2 Å². The van der Waals surface area contributed by atoms with Crippen molar-refractivity contribution >= 4 is 34.9 Å². The predicted molar refractivity (Wildman–Crippen MR) is 114 cm³/mol. The molecular formula is C20H20N8O4. The molecule has 0 atom stereocenters. The van der Waals surface area contributed by atoms with Crippen LogP contribution >= 0.6 is 0 Å². The molecule has 0 aliphatic carbocycles. The molecule has 3 aromatic rings. The fourth-order valence-corrected chi connectivity index (χ4v) is 2.90. The van der Waals surface area contributed by atoms with Gasteiger partial charge in [-0.25, -0.2) is 19.1 Å². The van der Waals surface area contributed by atoms with Crippen LogP contribution in [0.2, 0.25) is 0 Å². The monoisotopic (exact) mass is 436 g/mol. The van der Waals surface area contributed by atoms with Crippen molar-refractivity contribution in [2.45, 2.75) is 26.2 Å². The zero-order chi connectivity index (χ0) is 23.8. The number of nitrogen functional groups attached to an aromatic ring is 1. The molecule has 0 amide bonds. The highest BCUT2D eigenvalue weighted by Crippen LogP contribution is 2.38. The van der Waals surface area contributed by atoms with Crippen LogP contribution in [0.15, 0.2) is 34.6 Å². The van der Waals surface area contributed by atoms with Gasteiger partial charge in [0.2, 0.25) is 0 Å². The number of aromatic nitrogens is 4. The van der Waals surface area contributed by atoms with Gasteiger partial charge in [0.25, 0.3) is 5.69 Å². The van der Waals surface area contributed by atoms with E-state index in [4.69, 9.17) is 12.3 Å². The van der Waals surface area contributed by atoms with Gasteiger partial charge in [-0.3, -0.25) is 4.68 Å². The Morgan fingerprint density at radius 3 is 2.22 bits per heavy atom. The zero-order valence-electron chi connectivity index (χ0n) is 17.7. The topological polar surface area (TPSA) is 165 Å². The van der Waals surface area contributed by atoms with Crippen LogP contribution in [0.4, 0.5) is 23.0 Å². The predicted octanol–water partition coefficient (Wildman–Crippen LogP) is 3.85. The molecule has 0 unspecified atom stereocenters. The van der Waals surface area contributed by atoms with E-state index in [1.165, 1.54) is 23.0 Å². The van der Waals surface area contributed by atoms with Crippen LogP contribution in [-0.4, -0.2) is 41.7 Å². The summed E-state index contributed by atoms with van der Waals surface area (Å²) in [6.45, 7) is 13.2. The van der Waals surface area contributed by atoms with Crippen molar-refractivity contribution in [3.05, 3.63) is 52.6 Å². The molecule has 2 heterocycles. The number of aromatic carboxylic acids is 2. The summed E-state index contributed by atoms with van der Waals surface area (Å²) >= 11 is 0. The standard InChI is InChI=1S/C20H20N8O4/c1-20(2,3)15-14(16(21)27(5)26-15)24-25-17-13(22-4)9-23-28(17)12-7-10(18(29)30)6-11(8-12)19(31)32/h6-9H,21H2,1-3,5H3,(H,29,30)(H,31,32). The molecule has 12 nitrogen and oxygen atoms in total. The number of nitrogens with two attached hydrogens (primary N) is 1. The minimum Gasteiger partial charge on any atom is -0.478 e. The third-order valence-electron chi connectivity index (χ3n) is 4.52. The summed E-state index contributed by atoms with van der Waals surface area (Å²) in [7, 11) is 1.67. The summed E-state index contributed by atoms with van der Waals surface area (Å²) < 4.78 is 2.62. The average molecular weight is 436 g/mol. The minimum absolute atomic E-state index is 0.0120. The summed E-state index contributed by atoms with van der Waals surface area (Å²) in [5.74, 6) is -2.36. The summed E-state index contributed by atoms with van der Waals surface area (Å²) in [6.07, 6.45) is 1.23. The molecular weight excluding hydrogens is 416 g/mol. The summed E-state index contributed by atoms with van der Waals surface area (Å²) in [6, 6.07) is 3.49. The Hall–Kier alpha value is -4.53. The molecule has 32 heavy (non-hydrogen) atoms. The van der Waals surface area contributed by atoms with Crippen molar-refractivity contribution in [3.63, 3.8) is 0 Å². The van der Waals surface area contributed by atoms with Gasteiger partial charge in [0.15, 0.2) is 11.5 Å². The Labute approximate surface area is 182 Å². The quantitative estimate of drug-likeness (QED) is 0.403. The Morgan fingerprint density at radius 1 is 1.12 bits per heavy atom. The molecule has 4 N–H and O–H groups in total. The Morgan fingerprint density at radius 2 is 1.72 bits per heavy atom. The molecule has 3 rings (SSSR count). The first-order valence-corrected chi connectivity index (χ1v) is 9.26. The second kappa shape index (κ2) is 7.95. The molecule has 0 spiro atoms. The number of carboxylic acid groups (broad SMARTS) is 2. The maximum absolute atomic E-state index is 11.5. The molecule has 1 aromatic carbocycles. The van der Waals surface area contributed by atoms with Crippen LogP contribution in [0.1, 0.15) is 47.2 Å². The highest BCUT2D eigenvalue weighted by atomic mass is 16.4. The van der Waals surface area contributed by atoms with Gasteiger partial charge in [0.05, 0.1) is 35.3 Å². The lowest BCUT2D eigenvalue weighted by Crippen LogP contribution is -2.12. The molecule has 2 aromatic heterocycles. The van der Waals surface area contributed by atoms with E-state index in [2.05, 4.69) is 25.3 Å². The number of aryl methyl sites for hydroxylation is 1. The third kappa shape index (κ3) is 4.04. The molecule has 164 valence electrons. The third-order valence-corrected chi connectivity index (χ3v) is 4.52. The van der Waals surface area contributed by atoms with Crippen molar-refractivity contribution in [2.24, 2.45) is 17.3 Å². The van der Waals surface area contributed by atoms with Crippen molar-refractivity contribution in [1.82, 2.24) is 19.6 Å². The maximum atomic E-state index is 11.5. The molecule has 0 saturated carbocycles. The van der Waals surface area contributed by atoms with Crippen molar-refractivity contribution in [2.75, 3.05) is 5.73 Å². The number of hydrogen-bond acceptors (Lipinski definition) is 7. The average Bonchev–Trinajstić information content (AvgIpc) is 3.26. The van der Waals surface area contributed by atoms with E-state index in [1.807, 2.05) is 20.8 Å². The van der Waals surface area contributed by atoms with Gasteiger partial charge in [-0.15, -0.1) is 10.2 Å². The number of anilines is 1. The van der Waals surface area contributed by atoms with Crippen LogP contribution < -0.4 is 5.73 Å². The number of nitrogens with zero attached hydrogens (tertiary/aromatic N) is 7. The first-order chi connectivity index (χ1) is 14.9. The smallest absolute Gasteiger partial charge is 0.335 e. The normalized spacial score (nSPS) is 11.6. The first kappa shape index (κ1) is 22.2. The van der Waals surface area contributed by atoms with Crippen LogP contribution in [0.3, 0.4) is 0 Å². The highest BCUT2D eigenvalue weighted by Gasteiger charge is 2.25. The number of carboxylic acids is 2. The van der Waals surface area contributed by atoms with E-state index in [9.17, 15) is 19.8 Å². The van der Waals surface area contributed by atoms with Crippen molar-refractivity contribution < 1.29 is 19.8 Å². The van der Waals surface area contributed by atoms with E-state index in [0.29, 0.717) is 11.4 Å². The summed E-state index contributed by atoms with van der Waals surface area (Å²) in [4.78, 5) is 26.3. The number of benzene rings is 1. The van der Waals surface area contributed by atoms with Gasteiger partial charge in [-0.2, -0.15) is 10.2 Å². The van der Waals surface area contributed by atoms with Crippen LogP contribution in [-0.2, 0) is 12.5 Å². The molecule has 0 aliphatic heterocycles.